The lowest BCUT2D eigenvalue weighted by Crippen LogP contribution is -2.28. The van der Waals surface area contributed by atoms with E-state index in [4.69, 9.17) is 4.74 Å². The van der Waals surface area contributed by atoms with E-state index in [1.165, 1.54) is 6.92 Å². The third kappa shape index (κ3) is 4.77. The van der Waals surface area contributed by atoms with Crippen LogP contribution in [0.2, 0.25) is 0 Å². The lowest BCUT2D eigenvalue weighted by atomic mass is 10.2. The first-order valence-corrected chi connectivity index (χ1v) is 8.93. The number of hydrogen-bond donors (Lipinski definition) is 3. The predicted molar refractivity (Wildman–Crippen MR) is 108 cm³/mol. The number of imidazole rings is 1. The van der Waals surface area contributed by atoms with Crippen LogP contribution in [0.3, 0.4) is 0 Å². The van der Waals surface area contributed by atoms with Gasteiger partial charge in [-0.25, -0.2) is 4.98 Å². The molecular formula is C20H21N5O4. The van der Waals surface area contributed by atoms with E-state index >= 15 is 0 Å². The van der Waals surface area contributed by atoms with Crippen LogP contribution in [0, 0.1) is 0 Å². The van der Waals surface area contributed by atoms with Crippen LogP contribution < -0.4 is 16.0 Å². The summed E-state index contributed by atoms with van der Waals surface area (Å²) in [5.74, 6) is -0.913. The van der Waals surface area contributed by atoms with Gasteiger partial charge in [-0.05, 0) is 36.4 Å². The maximum Gasteiger partial charge on any atom is 0.287 e. The Morgan fingerprint density at radius 2 is 1.69 bits per heavy atom. The van der Waals surface area contributed by atoms with Gasteiger partial charge in [-0.1, -0.05) is 6.07 Å². The van der Waals surface area contributed by atoms with E-state index in [1.807, 2.05) is 0 Å². The molecule has 0 bridgehead atoms. The van der Waals surface area contributed by atoms with Crippen LogP contribution in [-0.4, -0.2) is 47.4 Å². The van der Waals surface area contributed by atoms with E-state index in [2.05, 4.69) is 20.9 Å². The van der Waals surface area contributed by atoms with Gasteiger partial charge in [0.25, 0.3) is 11.8 Å². The largest absolute Gasteiger partial charge is 0.383 e. The van der Waals surface area contributed by atoms with E-state index in [0.717, 1.165) is 0 Å². The standard InChI is InChI=1S/C20H21N5O4/c1-13(26)22-14-6-8-15(9-7-14)23-19(27)17-16-5-3-4-11-25(16)18(24-17)20(28)21-10-12-29-2/h3-9,11H,10,12H2,1-2H3,(H,21,28)(H,22,26)(H,23,27). The number of carbonyl (C=O) groups is 3. The first-order valence-electron chi connectivity index (χ1n) is 8.93. The average Bonchev–Trinajstić information content (AvgIpc) is 3.09. The van der Waals surface area contributed by atoms with E-state index in [-0.39, 0.29) is 17.4 Å². The fourth-order valence-electron chi connectivity index (χ4n) is 2.74. The second kappa shape index (κ2) is 8.98. The molecule has 9 nitrogen and oxygen atoms in total. The molecule has 29 heavy (non-hydrogen) atoms. The molecule has 0 saturated carbocycles. The molecule has 0 atom stereocenters. The van der Waals surface area contributed by atoms with Crippen LogP contribution in [0.5, 0.6) is 0 Å². The molecule has 3 N–H and O–H groups in total. The van der Waals surface area contributed by atoms with Gasteiger partial charge in [0, 0.05) is 38.1 Å². The van der Waals surface area contributed by atoms with Crippen LogP contribution >= 0.6 is 0 Å². The number of nitrogens with one attached hydrogen (secondary N) is 3. The number of ether oxygens (including phenoxy) is 1. The highest BCUT2D eigenvalue weighted by atomic mass is 16.5. The lowest BCUT2D eigenvalue weighted by molar-refractivity contribution is -0.114. The molecule has 0 unspecified atom stereocenters. The zero-order valence-electron chi connectivity index (χ0n) is 16.1. The second-order valence-electron chi connectivity index (χ2n) is 6.20. The highest BCUT2D eigenvalue weighted by molar-refractivity contribution is 6.09. The molecule has 0 fully saturated rings. The van der Waals surface area contributed by atoms with E-state index in [9.17, 15) is 14.4 Å². The van der Waals surface area contributed by atoms with Gasteiger partial charge in [0.05, 0.1) is 12.1 Å². The number of carbonyl (C=O) groups excluding carboxylic acids is 3. The summed E-state index contributed by atoms with van der Waals surface area (Å²) in [6.45, 7) is 2.12. The Hall–Kier alpha value is -3.72. The molecule has 0 aliphatic heterocycles. The molecule has 2 aromatic heterocycles. The van der Waals surface area contributed by atoms with Crippen molar-refractivity contribution in [1.82, 2.24) is 14.7 Å². The Morgan fingerprint density at radius 3 is 2.34 bits per heavy atom. The summed E-state index contributed by atoms with van der Waals surface area (Å²) >= 11 is 0. The smallest absolute Gasteiger partial charge is 0.287 e. The zero-order chi connectivity index (χ0) is 20.8. The number of anilines is 2. The summed E-state index contributed by atoms with van der Waals surface area (Å²) in [6.07, 6.45) is 1.67. The van der Waals surface area contributed by atoms with Crippen molar-refractivity contribution < 1.29 is 19.1 Å². The SMILES string of the molecule is COCCNC(=O)c1nc(C(=O)Nc2ccc(NC(C)=O)cc2)c2ccccn12. The van der Waals surface area contributed by atoms with Gasteiger partial charge in [-0.15, -0.1) is 0 Å². The Labute approximate surface area is 167 Å². The first-order chi connectivity index (χ1) is 14.0. The maximum absolute atomic E-state index is 12.8. The van der Waals surface area contributed by atoms with Crippen molar-refractivity contribution in [3.63, 3.8) is 0 Å². The summed E-state index contributed by atoms with van der Waals surface area (Å²) in [5, 5.41) is 8.12. The highest BCUT2D eigenvalue weighted by Gasteiger charge is 2.21. The minimum absolute atomic E-state index is 0.114. The Balaban J connectivity index is 1.82. The normalized spacial score (nSPS) is 10.6. The second-order valence-corrected chi connectivity index (χ2v) is 6.20. The number of benzene rings is 1. The number of fused-ring (bicyclic) bond motifs is 1. The third-order valence-electron chi connectivity index (χ3n) is 4.02. The molecule has 0 aliphatic carbocycles. The van der Waals surface area contributed by atoms with Crippen LogP contribution in [0.1, 0.15) is 28.0 Å². The summed E-state index contributed by atoms with van der Waals surface area (Å²) in [6, 6.07) is 11.9. The summed E-state index contributed by atoms with van der Waals surface area (Å²) in [4.78, 5) is 40.6. The Bertz CT molecular complexity index is 1040. The number of nitrogens with zero attached hydrogens (tertiary/aromatic N) is 2. The monoisotopic (exact) mass is 395 g/mol. The van der Waals surface area contributed by atoms with Gasteiger partial charge in [0.2, 0.25) is 11.7 Å². The molecule has 1 aromatic carbocycles. The van der Waals surface area contributed by atoms with Crippen LogP contribution in [0.4, 0.5) is 11.4 Å². The molecule has 3 amide bonds. The van der Waals surface area contributed by atoms with Gasteiger partial charge < -0.3 is 20.7 Å². The number of rotatable bonds is 7. The Morgan fingerprint density at radius 1 is 1.00 bits per heavy atom. The van der Waals surface area contributed by atoms with Crippen molar-refractivity contribution in [2.45, 2.75) is 6.92 Å². The fourth-order valence-corrected chi connectivity index (χ4v) is 2.74. The average molecular weight is 395 g/mol. The molecule has 150 valence electrons. The molecule has 0 spiro atoms. The van der Waals surface area contributed by atoms with Crippen molar-refractivity contribution in [2.75, 3.05) is 30.9 Å². The number of hydrogen-bond acceptors (Lipinski definition) is 5. The predicted octanol–water partition coefficient (Wildman–Crippen LogP) is 1.92. The summed E-state index contributed by atoms with van der Waals surface area (Å²) < 4.78 is 6.49. The van der Waals surface area contributed by atoms with E-state index in [1.54, 1.807) is 60.2 Å². The molecule has 3 rings (SSSR count). The van der Waals surface area contributed by atoms with Crippen molar-refractivity contribution in [1.29, 1.82) is 0 Å². The quantitative estimate of drug-likeness (QED) is 0.529. The fraction of sp³-hybridized carbons (Fsp3) is 0.200. The van der Waals surface area contributed by atoms with Crippen molar-refractivity contribution in [3.05, 3.63) is 60.2 Å². The third-order valence-corrected chi connectivity index (χ3v) is 4.02. The molecule has 3 aromatic rings. The number of aromatic nitrogens is 2. The van der Waals surface area contributed by atoms with Crippen molar-refractivity contribution >= 4 is 34.6 Å². The van der Waals surface area contributed by atoms with Gasteiger partial charge in [-0.3, -0.25) is 18.8 Å². The minimum atomic E-state index is -0.447. The van der Waals surface area contributed by atoms with E-state index in [0.29, 0.717) is 30.0 Å². The zero-order valence-corrected chi connectivity index (χ0v) is 16.1. The number of methoxy groups -OCH3 is 1. The molecular weight excluding hydrogens is 374 g/mol. The van der Waals surface area contributed by atoms with Gasteiger partial charge in [0.15, 0.2) is 5.69 Å². The maximum atomic E-state index is 12.8. The number of amides is 3. The van der Waals surface area contributed by atoms with Crippen LogP contribution in [0.25, 0.3) is 5.52 Å². The van der Waals surface area contributed by atoms with Gasteiger partial charge >= 0.3 is 0 Å². The molecule has 0 saturated heterocycles. The van der Waals surface area contributed by atoms with Crippen molar-refractivity contribution in [2.24, 2.45) is 0 Å². The van der Waals surface area contributed by atoms with E-state index < -0.39 is 11.8 Å². The number of pyridine rings is 1. The van der Waals surface area contributed by atoms with Crippen LogP contribution in [-0.2, 0) is 9.53 Å². The summed E-state index contributed by atoms with van der Waals surface area (Å²) in [7, 11) is 1.54. The summed E-state index contributed by atoms with van der Waals surface area (Å²) in [5.41, 5.74) is 1.80. The topological polar surface area (TPSA) is 114 Å². The molecule has 9 heteroatoms. The molecule has 2 heterocycles. The van der Waals surface area contributed by atoms with Gasteiger partial charge in [-0.2, -0.15) is 0 Å². The molecule has 0 aliphatic rings. The van der Waals surface area contributed by atoms with Crippen molar-refractivity contribution in [3.8, 4) is 0 Å². The minimum Gasteiger partial charge on any atom is -0.383 e. The molecule has 0 radical (unpaired) electrons. The highest BCUT2D eigenvalue weighted by Crippen LogP contribution is 2.17. The van der Waals surface area contributed by atoms with Gasteiger partial charge in [0.1, 0.15) is 0 Å². The lowest BCUT2D eigenvalue weighted by Gasteiger charge is -2.06. The first kappa shape index (κ1) is 20.0. The Kier molecular flexibility index (Phi) is 6.20. The van der Waals surface area contributed by atoms with Crippen LogP contribution in [0.15, 0.2) is 48.7 Å².